The zero-order chi connectivity index (χ0) is 16.6. The van der Waals surface area contributed by atoms with E-state index in [2.05, 4.69) is 15.2 Å². The van der Waals surface area contributed by atoms with Gasteiger partial charge < -0.3 is 9.84 Å². The van der Waals surface area contributed by atoms with Crippen molar-refractivity contribution in [3.05, 3.63) is 46.7 Å². The molecular weight excluding hydrogens is 316 g/mol. The highest BCUT2D eigenvalue weighted by molar-refractivity contribution is 6.31. The van der Waals surface area contributed by atoms with E-state index in [0.29, 0.717) is 33.6 Å². The molecule has 23 heavy (non-hydrogen) atoms. The number of halogens is 1. The van der Waals surface area contributed by atoms with Crippen LogP contribution >= 0.6 is 11.6 Å². The smallest absolute Gasteiger partial charge is 0.182 e. The maximum absolute atomic E-state index is 9.85. The van der Waals surface area contributed by atoms with Crippen molar-refractivity contribution < 1.29 is 9.84 Å². The highest BCUT2D eigenvalue weighted by Crippen LogP contribution is 2.35. The molecule has 2 heterocycles. The number of aryl methyl sites for hydroxylation is 2. The molecule has 0 aliphatic heterocycles. The predicted molar refractivity (Wildman–Crippen MR) is 88.5 cm³/mol. The summed E-state index contributed by atoms with van der Waals surface area (Å²) in [5.74, 6) is 1.18. The molecule has 3 aromatic rings. The van der Waals surface area contributed by atoms with E-state index < -0.39 is 0 Å². The molecule has 3 rings (SSSR count). The lowest BCUT2D eigenvalue weighted by atomic mass is 10.2. The molecule has 0 aliphatic rings. The molecule has 0 atom stereocenters. The Bertz CT molecular complexity index is 918. The number of hydrogen-bond acceptors (Lipinski definition) is 5. The third-order valence-corrected chi connectivity index (χ3v) is 3.89. The molecule has 1 N–H and O–H groups in total. The number of benzene rings is 1. The van der Waals surface area contributed by atoms with Gasteiger partial charge in [-0.1, -0.05) is 11.6 Å². The molecule has 2 aromatic heterocycles. The zero-order valence-electron chi connectivity index (χ0n) is 12.9. The number of hydrogen-bond donors (Lipinski definition) is 1. The molecule has 0 saturated carbocycles. The molecule has 0 fully saturated rings. The van der Waals surface area contributed by atoms with Gasteiger partial charge in [0.1, 0.15) is 11.4 Å². The molecule has 6 nitrogen and oxygen atoms in total. The van der Waals surface area contributed by atoms with E-state index in [4.69, 9.17) is 16.3 Å². The molecule has 1 aromatic carbocycles. The van der Waals surface area contributed by atoms with Gasteiger partial charge in [-0.25, -0.2) is 4.98 Å². The highest BCUT2D eigenvalue weighted by atomic mass is 35.5. The van der Waals surface area contributed by atoms with Crippen molar-refractivity contribution in [1.82, 2.24) is 9.38 Å². The number of methoxy groups -OCH3 is 1. The first kappa shape index (κ1) is 15.3. The van der Waals surface area contributed by atoms with Crippen LogP contribution in [0.1, 0.15) is 11.3 Å². The summed E-state index contributed by atoms with van der Waals surface area (Å²) < 4.78 is 6.97. The largest absolute Gasteiger partial charge is 0.504 e. The van der Waals surface area contributed by atoms with Crippen molar-refractivity contribution in [2.45, 2.75) is 13.8 Å². The van der Waals surface area contributed by atoms with Crippen LogP contribution in [0.25, 0.3) is 5.65 Å². The van der Waals surface area contributed by atoms with E-state index in [0.717, 1.165) is 5.56 Å². The highest BCUT2D eigenvalue weighted by Gasteiger charge is 2.12. The first-order chi connectivity index (χ1) is 11.0. The standard InChI is InChI=1S/C16H15ClN4O2/c1-9-7-12(14(23-3)8-11(9)17)19-20-15-10(2)18-16-13(22)5-4-6-21(15)16/h4-8,22H,1-3H3. The maximum atomic E-state index is 9.85. The summed E-state index contributed by atoms with van der Waals surface area (Å²) in [7, 11) is 1.55. The lowest BCUT2D eigenvalue weighted by Gasteiger charge is -2.06. The zero-order valence-corrected chi connectivity index (χ0v) is 13.7. The minimum absolute atomic E-state index is 0.0944. The van der Waals surface area contributed by atoms with Gasteiger partial charge in [0.2, 0.25) is 0 Å². The van der Waals surface area contributed by atoms with Gasteiger partial charge in [-0.05, 0) is 37.6 Å². The second-order valence-corrected chi connectivity index (χ2v) is 5.49. The summed E-state index contributed by atoms with van der Waals surface area (Å²) >= 11 is 6.09. The van der Waals surface area contributed by atoms with Crippen LogP contribution in [0.15, 0.2) is 40.7 Å². The molecule has 0 aliphatic carbocycles. The van der Waals surface area contributed by atoms with Crippen LogP contribution in [-0.2, 0) is 0 Å². The number of pyridine rings is 1. The van der Waals surface area contributed by atoms with Crippen LogP contribution in [-0.4, -0.2) is 21.6 Å². The Morgan fingerprint density at radius 2 is 2.04 bits per heavy atom. The van der Waals surface area contributed by atoms with Crippen molar-refractivity contribution in [3.8, 4) is 11.5 Å². The third-order valence-electron chi connectivity index (χ3n) is 3.48. The second kappa shape index (κ2) is 5.89. The van der Waals surface area contributed by atoms with Gasteiger partial charge in [0.05, 0.1) is 12.8 Å². The quantitative estimate of drug-likeness (QED) is 0.705. The van der Waals surface area contributed by atoms with Crippen LogP contribution in [0.4, 0.5) is 11.5 Å². The topological polar surface area (TPSA) is 71.5 Å². The number of rotatable bonds is 3. The van der Waals surface area contributed by atoms with Gasteiger partial charge >= 0.3 is 0 Å². The molecule has 0 spiro atoms. The first-order valence-corrected chi connectivity index (χ1v) is 7.31. The van der Waals surface area contributed by atoms with Crippen molar-refractivity contribution in [2.24, 2.45) is 10.2 Å². The minimum Gasteiger partial charge on any atom is -0.504 e. The fourth-order valence-electron chi connectivity index (χ4n) is 2.27. The third kappa shape index (κ3) is 2.73. The molecular formula is C16H15ClN4O2. The van der Waals surface area contributed by atoms with Crippen LogP contribution in [0, 0.1) is 13.8 Å². The Hall–Kier alpha value is -2.60. The summed E-state index contributed by atoms with van der Waals surface area (Å²) in [4.78, 5) is 4.31. The molecule has 0 bridgehead atoms. The Kier molecular flexibility index (Phi) is 3.92. The Labute approximate surface area is 138 Å². The van der Waals surface area contributed by atoms with E-state index in [9.17, 15) is 5.11 Å². The summed E-state index contributed by atoms with van der Waals surface area (Å²) in [6.07, 6.45) is 1.77. The van der Waals surface area contributed by atoms with Gasteiger partial charge in [-0.3, -0.25) is 4.40 Å². The average Bonchev–Trinajstić information content (AvgIpc) is 2.85. The summed E-state index contributed by atoms with van der Waals surface area (Å²) in [5, 5.41) is 19.0. The first-order valence-electron chi connectivity index (χ1n) is 6.93. The number of fused-ring (bicyclic) bond motifs is 1. The summed E-state index contributed by atoms with van der Waals surface area (Å²) in [6.45, 7) is 3.70. The van der Waals surface area contributed by atoms with Crippen LogP contribution in [0.3, 0.4) is 0 Å². The van der Waals surface area contributed by atoms with Gasteiger partial charge in [-0.2, -0.15) is 0 Å². The maximum Gasteiger partial charge on any atom is 0.182 e. The van der Waals surface area contributed by atoms with Gasteiger partial charge in [-0.15, -0.1) is 10.2 Å². The molecule has 0 unspecified atom stereocenters. The average molecular weight is 331 g/mol. The number of azo groups is 1. The number of imidazole rings is 1. The lowest BCUT2D eigenvalue weighted by molar-refractivity contribution is 0.416. The van der Waals surface area contributed by atoms with E-state index in [1.807, 2.05) is 13.8 Å². The van der Waals surface area contributed by atoms with E-state index in [1.165, 1.54) is 0 Å². The van der Waals surface area contributed by atoms with Gasteiger partial charge in [0.15, 0.2) is 17.2 Å². The van der Waals surface area contributed by atoms with Crippen LogP contribution in [0.2, 0.25) is 5.02 Å². The monoisotopic (exact) mass is 330 g/mol. The molecule has 0 saturated heterocycles. The predicted octanol–water partition coefficient (Wildman–Crippen LogP) is 4.73. The summed E-state index contributed by atoms with van der Waals surface area (Å²) in [6, 6.07) is 6.81. The second-order valence-electron chi connectivity index (χ2n) is 5.08. The van der Waals surface area contributed by atoms with Crippen molar-refractivity contribution in [3.63, 3.8) is 0 Å². The summed E-state index contributed by atoms with van der Waals surface area (Å²) in [5.41, 5.74) is 2.57. The fraction of sp³-hybridized carbons (Fsp3) is 0.188. The van der Waals surface area contributed by atoms with E-state index in [-0.39, 0.29) is 5.75 Å². The normalized spacial score (nSPS) is 11.5. The SMILES string of the molecule is COc1cc(Cl)c(C)cc1N=Nc1c(C)nc2c(O)cccn12. The van der Waals surface area contributed by atoms with E-state index >= 15 is 0 Å². The Balaban J connectivity index is 2.09. The molecule has 118 valence electrons. The van der Waals surface area contributed by atoms with Crippen molar-refractivity contribution >= 4 is 28.8 Å². The van der Waals surface area contributed by atoms with Crippen molar-refractivity contribution in [1.29, 1.82) is 0 Å². The number of ether oxygens (including phenoxy) is 1. The number of aromatic nitrogens is 2. The van der Waals surface area contributed by atoms with Gasteiger partial charge in [0, 0.05) is 17.3 Å². The number of aromatic hydroxyl groups is 1. The lowest BCUT2D eigenvalue weighted by Crippen LogP contribution is -1.86. The molecule has 7 heteroatoms. The van der Waals surface area contributed by atoms with Gasteiger partial charge in [0.25, 0.3) is 0 Å². The minimum atomic E-state index is 0.0944. The fourth-order valence-corrected chi connectivity index (χ4v) is 2.42. The Morgan fingerprint density at radius 1 is 1.26 bits per heavy atom. The van der Waals surface area contributed by atoms with Crippen LogP contribution < -0.4 is 4.74 Å². The molecule has 0 radical (unpaired) electrons. The van der Waals surface area contributed by atoms with Crippen molar-refractivity contribution in [2.75, 3.05) is 7.11 Å². The van der Waals surface area contributed by atoms with E-state index in [1.54, 1.807) is 42.0 Å². The Morgan fingerprint density at radius 3 is 2.78 bits per heavy atom. The molecule has 0 amide bonds. The van der Waals surface area contributed by atoms with Crippen LogP contribution in [0.5, 0.6) is 11.5 Å². The number of nitrogens with zero attached hydrogens (tertiary/aromatic N) is 4.